The summed E-state index contributed by atoms with van der Waals surface area (Å²) in [5.74, 6) is 1.16. The molecule has 1 amide bonds. The molecule has 0 bridgehead atoms. The Morgan fingerprint density at radius 2 is 1.96 bits per heavy atom. The average molecular weight is 419 g/mol. The van der Waals surface area contributed by atoms with Crippen LogP contribution in [-0.4, -0.2) is 27.3 Å². The summed E-state index contributed by atoms with van der Waals surface area (Å²) < 4.78 is 7.10. The first kappa shape index (κ1) is 20.2. The third-order valence-corrected chi connectivity index (χ3v) is 4.39. The smallest absolute Gasteiger partial charge is 0.263 e. The van der Waals surface area contributed by atoms with Crippen LogP contribution in [0.3, 0.4) is 0 Å². The standard InChI is InChI=1S/C20H20Cl2N4O2/c1-20(2,3)16-11-18(26(25-16)17-6-4-5-9-23-17)24-19(27)12-28-15-8-7-13(21)10-14(15)22/h4-11H,12H2,1-3H3,(H,24,27). The van der Waals surface area contributed by atoms with Gasteiger partial charge in [0.25, 0.3) is 5.91 Å². The third kappa shape index (κ3) is 4.82. The lowest BCUT2D eigenvalue weighted by Gasteiger charge is -2.13. The van der Waals surface area contributed by atoms with Crippen molar-refractivity contribution >= 4 is 34.9 Å². The molecule has 0 radical (unpaired) electrons. The number of carbonyl (C=O) groups excluding carboxylic acids is 1. The molecular weight excluding hydrogens is 399 g/mol. The van der Waals surface area contributed by atoms with Gasteiger partial charge in [0.2, 0.25) is 0 Å². The second-order valence-electron chi connectivity index (χ2n) is 7.18. The Hall–Kier alpha value is -2.57. The van der Waals surface area contributed by atoms with Gasteiger partial charge in [-0.25, -0.2) is 4.98 Å². The first-order valence-corrected chi connectivity index (χ1v) is 9.39. The second kappa shape index (κ2) is 8.20. The van der Waals surface area contributed by atoms with Gasteiger partial charge in [0, 0.05) is 22.7 Å². The number of nitrogens with one attached hydrogen (secondary N) is 1. The molecule has 1 N–H and O–H groups in total. The van der Waals surface area contributed by atoms with E-state index in [2.05, 4.69) is 36.2 Å². The molecule has 28 heavy (non-hydrogen) atoms. The lowest BCUT2D eigenvalue weighted by Crippen LogP contribution is -2.22. The van der Waals surface area contributed by atoms with Crippen LogP contribution in [0.5, 0.6) is 5.75 Å². The van der Waals surface area contributed by atoms with Gasteiger partial charge in [0.1, 0.15) is 11.6 Å². The van der Waals surface area contributed by atoms with Gasteiger partial charge in [0.15, 0.2) is 12.4 Å². The van der Waals surface area contributed by atoms with Crippen LogP contribution >= 0.6 is 23.2 Å². The van der Waals surface area contributed by atoms with Crippen molar-refractivity contribution < 1.29 is 9.53 Å². The molecule has 0 atom stereocenters. The van der Waals surface area contributed by atoms with E-state index in [9.17, 15) is 4.79 Å². The number of hydrogen-bond donors (Lipinski definition) is 1. The van der Waals surface area contributed by atoms with Crippen molar-refractivity contribution in [2.45, 2.75) is 26.2 Å². The first-order chi connectivity index (χ1) is 13.2. The largest absolute Gasteiger partial charge is 0.482 e. The number of hydrogen-bond acceptors (Lipinski definition) is 4. The minimum Gasteiger partial charge on any atom is -0.482 e. The van der Waals surface area contributed by atoms with Crippen molar-refractivity contribution in [3.05, 3.63) is 64.4 Å². The quantitative estimate of drug-likeness (QED) is 0.640. The van der Waals surface area contributed by atoms with Crippen molar-refractivity contribution in [2.75, 3.05) is 11.9 Å². The van der Waals surface area contributed by atoms with Gasteiger partial charge in [0.05, 0.1) is 10.7 Å². The number of ether oxygens (including phenoxy) is 1. The summed E-state index contributed by atoms with van der Waals surface area (Å²) in [6, 6.07) is 12.2. The molecule has 0 fully saturated rings. The van der Waals surface area contributed by atoms with E-state index in [1.165, 1.54) is 0 Å². The monoisotopic (exact) mass is 418 g/mol. The van der Waals surface area contributed by atoms with Gasteiger partial charge < -0.3 is 10.1 Å². The Kier molecular flexibility index (Phi) is 5.91. The lowest BCUT2D eigenvalue weighted by molar-refractivity contribution is -0.118. The summed E-state index contributed by atoms with van der Waals surface area (Å²) in [5.41, 5.74) is 0.641. The number of carbonyl (C=O) groups is 1. The van der Waals surface area contributed by atoms with Crippen molar-refractivity contribution in [2.24, 2.45) is 0 Å². The van der Waals surface area contributed by atoms with Crippen molar-refractivity contribution in [3.8, 4) is 11.6 Å². The van der Waals surface area contributed by atoms with E-state index < -0.39 is 0 Å². The summed E-state index contributed by atoms with van der Waals surface area (Å²) in [4.78, 5) is 16.8. The molecule has 3 rings (SSSR count). The summed E-state index contributed by atoms with van der Waals surface area (Å²) in [6.45, 7) is 5.94. The topological polar surface area (TPSA) is 69.0 Å². The minimum atomic E-state index is -0.344. The zero-order chi connectivity index (χ0) is 20.3. The molecule has 0 aliphatic rings. The van der Waals surface area contributed by atoms with Gasteiger partial charge in [-0.05, 0) is 30.3 Å². The van der Waals surface area contributed by atoms with E-state index in [1.54, 1.807) is 29.1 Å². The fraction of sp³-hybridized carbons (Fsp3) is 0.250. The van der Waals surface area contributed by atoms with Gasteiger partial charge in [-0.15, -0.1) is 0 Å². The highest BCUT2D eigenvalue weighted by Gasteiger charge is 2.22. The molecule has 8 heteroatoms. The van der Waals surface area contributed by atoms with Gasteiger partial charge in [-0.1, -0.05) is 50.0 Å². The third-order valence-electron chi connectivity index (χ3n) is 3.86. The molecule has 0 spiro atoms. The Morgan fingerprint density at radius 1 is 1.18 bits per heavy atom. The number of nitrogens with zero attached hydrogens (tertiary/aromatic N) is 3. The predicted molar refractivity (Wildman–Crippen MR) is 111 cm³/mol. The van der Waals surface area contributed by atoms with Crippen LogP contribution in [0.1, 0.15) is 26.5 Å². The Morgan fingerprint density at radius 3 is 2.61 bits per heavy atom. The van der Waals surface area contributed by atoms with Crippen LogP contribution in [0, 0.1) is 0 Å². The van der Waals surface area contributed by atoms with E-state index in [1.807, 2.05) is 24.3 Å². The summed E-state index contributed by atoms with van der Waals surface area (Å²) >= 11 is 11.9. The molecule has 0 aliphatic heterocycles. The molecule has 0 aliphatic carbocycles. The minimum absolute atomic E-state index is 0.188. The second-order valence-corrected chi connectivity index (χ2v) is 8.02. The number of halogens is 2. The van der Waals surface area contributed by atoms with Crippen LogP contribution in [0.2, 0.25) is 10.0 Å². The van der Waals surface area contributed by atoms with E-state index >= 15 is 0 Å². The van der Waals surface area contributed by atoms with Crippen LogP contribution < -0.4 is 10.1 Å². The number of amides is 1. The highest BCUT2D eigenvalue weighted by molar-refractivity contribution is 6.35. The average Bonchev–Trinajstić information content (AvgIpc) is 3.06. The van der Waals surface area contributed by atoms with Crippen LogP contribution in [-0.2, 0) is 10.2 Å². The maximum absolute atomic E-state index is 12.4. The van der Waals surface area contributed by atoms with E-state index in [4.69, 9.17) is 27.9 Å². The molecule has 0 saturated heterocycles. The predicted octanol–water partition coefficient (Wildman–Crippen LogP) is 4.89. The lowest BCUT2D eigenvalue weighted by atomic mass is 9.92. The zero-order valence-corrected chi connectivity index (χ0v) is 17.3. The molecule has 3 aromatic rings. The molecule has 146 valence electrons. The summed E-state index contributed by atoms with van der Waals surface area (Å²) in [6.07, 6.45) is 1.67. The Labute approximate surface area is 173 Å². The van der Waals surface area contributed by atoms with E-state index in [0.29, 0.717) is 27.4 Å². The highest BCUT2D eigenvalue weighted by atomic mass is 35.5. The number of aromatic nitrogens is 3. The van der Waals surface area contributed by atoms with Crippen LogP contribution in [0.15, 0.2) is 48.7 Å². The Bertz CT molecular complexity index is 982. The number of rotatable bonds is 5. The van der Waals surface area contributed by atoms with Crippen molar-refractivity contribution in [1.82, 2.24) is 14.8 Å². The van der Waals surface area contributed by atoms with Crippen molar-refractivity contribution in [1.29, 1.82) is 0 Å². The Balaban J connectivity index is 1.78. The number of anilines is 1. The fourth-order valence-corrected chi connectivity index (χ4v) is 2.87. The molecule has 2 heterocycles. The van der Waals surface area contributed by atoms with Gasteiger partial charge in [-0.2, -0.15) is 9.78 Å². The van der Waals surface area contributed by atoms with Gasteiger partial charge in [-0.3, -0.25) is 4.79 Å². The summed E-state index contributed by atoms with van der Waals surface area (Å²) in [7, 11) is 0. The maximum atomic E-state index is 12.4. The maximum Gasteiger partial charge on any atom is 0.263 e. The number of pyridine rings is 1. The van der Waals surface area contributed by atoms with Crippen LogP contribution in [0.4, 0.5) is 5.82 Å². The zero-order valence-electron chi connectivity index (χ0n) is 15.7. The molecular formula is C20H20Cl2N4O2. The fourth-order valence-electron chi connectivity index (χ4n) is 2.40. The van der Waals surface area contributed by atoms with Gasteiger partial charge >= 0.3 is 0 Å². The molecule has 0 unspecified atom stereocenters. The van der Waals surface area contributed by atoms with Crippen molar-refractivity contribution in [3.63, 3.8) is 0 Å². The van der Waals surface area contributed by atoms with Crippen LogP contribution in [0.25, 0.3) is 5.82 Å². The number of benzene rings is 1. The SMILES string of the molecule is CC(C)(C)c1cc(NC(=O)COc2ccc(Cl)cc2Cl)n(-c2ccccn2)n1. The highest BCUT2D eigenvalue weighted by Crippen LogP contribution is 2.28. The first-order valence-electron chi connectivity index (χ1n) is 8.64. The molecule has 1 aromatic carbocycles. The van der Waals surface area contributed by atoms with E-state index in [-0.39, 0.29) is 17.9 Å². The molecule has 0 saturated carbocycles. The molecule has 6 nitrogen and oxygen atoms in total. The normalized spacial score (nSPS) is 11.3. The molecule has 2 aromatic heterocycles. The summed E-state index contributed by atoms with van der Waals surface area (Å²) in [5, 5.41) is 8.28. The van der Waals surface area contributed by atoms with E-state index in [0.717, 1.165) is 5.69 Å².